The number of carbonyl (C=O) groups is 2. The van der Waals surface area contributed by atoms with E-state index >= 15 is 0 Å². The van der Waals surface area contributed by atoms with E-state index in [9.17, 15) is 9.59 Å². The van der Waals surface area contributed by atoms with Crippen molar-refractivity contribution < 1.29 is 9.59 Å². The van der Waals surface area contributed by atoms with Crippen LogP contribution in [0.1, 0.15) is 18.1 Å². The molecule has 1 aliphatic carbocycles. The molecule has 2 aliphatic rings. The standard InChI is InChI=1S/C14H16N2O2/c1-9-14(18)15-8-13(17)16(9)12-6-10-4-2-3-5-11(10)7-12/h2-5,9,12H,6-8H2,1H3,(H,15,18)/t9-/m0/s1. The summed E-state index contributed by atoms with van der Waals surface area (Å²) in [5.41, 5.74) is 2.60. The lowest BCUT2D eigenvalue weighted by atomic mass is 10.1. The molecule has 1 N–H and O–H groups in total. The molecule has 0 bridgehead atoms. The maximum absolute atomic E-state index is 12.0. The predicted octanol–water partition coefficient (Wildman–Crippen LogP) is 0.501. The van der Waals surface area contributed by atoms with Gasteiger partial charge in [0.15, 0.2) is 0 Å². The lowest BCUT2D eigenvalue weighted by Crippen LogP contribution is -2.60. The van der Waals surface area contributed by atoms with Gasteiger partial charge in [-0.3, -0.25) is 9.59 Å². The van der Waals surface area contributed by atoms with Gasteiger partial charge in [0.25, 0.3) is 0 Å². The smallest absolute Gasteiger partial charge is 0.242 e. The summed E-state index contributed by atoms with van der Waals surface area (Å²) < 4.78 is 0. The van der Waals surface area contributed by atoms with E-state index in [0.717, 1.165) is 12.8 Å². The Balaban J connectivity index is 1.84. The summed E-state index contributed by atoms with van der Waals surface area (Å²) >= 11 is 0. The van der Waals surface area contributed by atoms with Gasteiger partial charge in [0.1, 0.15) is 6.04 Å². The molecule has 1 fully saturated rings. The van der Waals surface area contributed by atoms with Crippen LogP contribution in [0.5, 0.6) is 0 Å². The maximum Gasteiger partial charge on any atom is 0.242 e. The normalized spacial score (nSPS) is 24.1. The monoisotopic (exact) mass is 244 g/mol. The fraction of sp³-hybridized carbons (Fsp3) is 0.429. The molecular weight excluding hydrogens is 228 g/mol. The fourth-order valence-electron chi connectivity index (χ4n) is 3.00. The molecular formula is C14H16N2O2. The van der Waals surface area contributed by atoms with Crippen molar-refractivity contribution in [3.8, 4) is 0 Å². The zero-order chi connectivity index (χ0) is 12.7. The molecule has 1 heterocycles. The van der Waals surface area contributed by atoms with Gasteiger partial charge in [-0.2, -0.15) is 0 Å². The van der Waals surface area contributed by atoms with Crippen molar-refractivity contribution in [2.24, 2.45) is 0 Å². The van der Waals surface area contributed by atoms with Gasteiger partial charge in [0.05, 0.1) is 6.54 Å². The van der Waals surface area contributed by atoms with Crippen LogP contribution in [0, 0.1) is 0 Å². The highest BCUT2D eigenvalue weighted by atomic mass is 16.2. The predicted molar refractivity (Wildman–Crippen MR) is 67.0 cm³/mol. The first-order valence-electron chi connectivity index (χ1n) is 6.32. The highest BCUT2D eigenvalue weighted by Crippen LogP contribution is 2.27. The van der Waals surface area contributed by atoms with E-state index in [1.54, 1.807) is 11.8 Å². The van der Waals surface area contributed by atoms with E-state index in [0.29, 0.717) is 0 Å². The van der Waals surface area contributed by atoms with Crippen LogP contribution in [-0.2, 0) is 22.4 Å². The Morgan fingerprint density at radius 1 is 1.17 bits per heavy atom. The molecule has 0 spiro atoms. The Hall–Kier alpha value is -1.84. The first kappa shape index (κ1) is 11.3. The van der Waals surface area contributed by atoms with E-state index in [-0.39, 0.29) is 30.4 Å². The van der Waals surface area contributed by atoms with E-state index in [1.165, 1.54) is 11.1 Å². The lowest BCUT2D eigenvalue weighted by Gasteiger charge is -2.37. The Kier molecular flexibility index (Phi) is 2.58. The Morgan fingerprint density at radius 3 is 2.39 bits per heavy atom. The summed E-state index contributed by atoms with van der Waals surface area (Å²) in [7, 11) is 0. The van der Waals surface area contributed by atoms with Gasteiger partial charge in [0.2, 0.25) is 11.8 Å². The largest absolute Gasteiger partial charge is 0.345 e. The number of carbonyl (C=O) groups excluding carboxylic acids is 2. The molecule has 0 aromatic heterocycles. The lowest BCUT2D eigenvalue weighted by molar-refractivity contribution is -0.147. The zero-order valence-corrected chi connectivity index (χ0v) is 10.3. The summed E-state index contributed by atoms with van der Waals surface area (Å²) in [5.74, 6) is -0.0227. The van der Waals surface area contributed by atoms with Gasteiger partial charge < -0.3 is 10.2 Å². The first-order valence-corrected chi connectivity index (χ1v) is 6.32. The Bertz CT molecular complexity index is 487. The number of fused-ring (bicyclic) bond motifs is 1. The quantitative estimate of drug-likeness (QED) is 0.782. The zero-order valence-electron chi connectivity index (χ0n) is 10.3. The van der Waals surface area contributed by atoms with Crippen LogP contribution < -0.4 is 5.32 Å². The van der Waals surface area contributed by atoms with Gasteiger partial charge in [0, 0.05) is 6.04 Å². The van der Waals surface area contributed by atoms with Crippen molar-refractivity contribution in [3.05, 3.63) is 35.4 Å². The number of amides is 2. The van der Waals surface area contributed by atoms with Crippen LogP contribution in [0.25, 0.3) is 0 Å². The van der Waals surface area contributed by atoms with Crippen LogP contribution in [0.4, 0.5) is 0 Å². The third-order valence-corrected chi connectivity index (χ3v) is 3.92. The van der Waals surface area contributed by atoms with Gasteiger partial charge >= 0.3 is 0 Å². The number of nitrogens with zero attached hydrogens (tertiary/aromatic N) is 1. The average Bonchev–Trinajstić information content (AvgIpc) is 2.77. The molecule has 0 saturated carbocycles. The fourth-order valence-corrected chi connectivity index (χ4v) is 3.00. The van der Waals surface area contributed by atoms with E-state index < -0.39 is 0 Å². The molecule has 94 valence electrons. The molecule has 1 aromatic carbocycles. The molecule has 1 saturated heterocycles. The maximum atomic E-state index is 12.0. The van der Waals surface area contributed by atoms with Crippen molar-refractivity contribution >= 4 is 11.8 Å². The molecule has 4 heteroatoms. The molecule has 1 atom stereocenters. The van der Waals surface area contributed by atoms with Crippen molar-refractivity contribution in [3.63, 3.8) is 0 Å². The second-order valence-corrected chi connectivity index (χ2v) is 5.03. The molecule has 4 nitrogen and oxygen atoms in total. The minimum absolute atomic E-state index is 0.0277. The molecule has 1 aromatic rings. The Labute approximate surface area is 106 Å². The molecule has 18 heavy (non-hydrogen) atoms. The number of rotatable bonds is 1. The van der Waals surface area contributed by atoms with E-state index in [4.69, 9.17) is 0 Å². The van der Waals surface area contributed by atoms with Crippen LogP contribution in [-0.4, -0.2) is 35.3 Å². The first-order chi connectivity index (χ1) is 8.66. The van der Waals surface area contributed by atoms with Crippen LogP contribution >= 0.6 is 0 Å². The van der Waals surface area contributed by atoms with Crippen molar-refractivity contribution in [1.82, 2.24) is 10.2 Å². The van der Waals surface area contributed by atoms with Gasteiger partial charge in [-0.05, 0) is 30.9 Å². The van der Waals surface area contributed by atoms with Crippen LogP contribution in [0.3, 0.4) is 0 Å². The summed E-state index contributed by atoms with van der Waals surface area (Å²) in [6, 6.07) is 8.04. The number of nitrogens with one attached hydrogen (secondary N) is 1. The number of hydrogen-bond donors (Lipinski definition) is 1. The third-order valence-electron chi connectivity index (χ3n) is 3.92. The molecule has 0 radical (unpaired) electrons. The number of piperazine rings is 1. The van der Waals surface area contributed by atoms with Crippen LogP contribution in [0.2, 0.25) is 0 Å². The Morgan fingerprint density at radius 2 is 1.78 bits per heavy atom. The van der Waals surface area contributed by atoms with E-state index in [2.05, 4.69) is 17.4 Å². The topological polar surface area (TPSA) is 49.4 Å². The van der Waals surface area contributed by atoms with Gasteiger partial charge in [-0.25, -0.2) is 0 Å². The molecule has 2 amide bonds. The van der Waals surface area contributed by atoms with Crippen LogP contribution in [0.15, 0.2) is 24.3 Å². The van der Waals surface area contributed by atoms with Crippen molar-refractivity contribution in [1.29, 1.82) is 0 Å². The number of hydrogen-bond acceptors (Lipinski definition) is 2. The minimum atomic E-state index is -0.356. The summed E-state index contributed by atoms with van der Waals surface area (Å²) in [6.07, 6.45) is 1.72. The number of benzene rings is 1. The molecule has 0 unspecified atom stereocenters. The SMILES string of the molecule is C[C@H]1C(=O)NCC(=O)N1C1Cc2ccccc2C1. The van der Waals surface area contributed by atoms with Crippen molar-refractivity contribution in [2.75, 3.05) is 6.54 Å². The van der Waals surface area contributed by atoms with Crippen molar-refractivity contribution in [2.45, 2.75) is 31.8 Å². The minimum Gasteiger partial charge on any atom is -0.345 e. The third kappa shape index (κ3) is 1.68. The summed E-state index contributed by atoms with van der Waals surface area (Å²) in [4.78, 5) is 25.4. The van der Waals surface area contributed by atoms with Gasteiger partial charge in [-0.15, -0.1) is 0 Å². The van der Waals surface area contributed by atoms with E-state index in [1.807, 2.05) is 12.1 Å². The second kappa shape index (κ2) is 4.12. The highest BCUT2D eigenvalue weighted by molar-refractivity contribution is 5.94. The summed E-state index contributed by atoms with van der Waals surface area (Å²) in [5, 5.41) is 2.63. The molecule has 1 aliphatic heterocycles. The second-order valence-electron chi connectivity index (χ2n) is 5.03. The molecule has 3 rings (SSSR count). The average molecular weight is 244 g/mol. The summed E-state index contributed by atoms with van der Waals surface area (Å²) in [6.45, 7) is 1.94. The highest BCUT2D eigenvalue weighted by Gasteiger charge is 2.38. The van der Waals surface area contributed by atoms with Gasteiger partial charge in [-0.1, -0.05) is 24.3 Å².